The summed E-state index contributed by atoms with van der Waals surface area (Å²) in [4.78, 5) is 20.6. The minimum Gasteiger partial charge on any atom is -0.313 e. The minimum atomic E-state index is 0.152. The van der Waals surface area contributed by atoms with E-state index in [0.29, 0.717) is 6.54 Å². The van der Waals surface area contributed by atoms with E-state index >= 15 is 0 Å². The average Bonchev–Trinajstić information content (AvgIpc) is 2.64. The molecule has 0 saturated carbocycles. The van der Waals surface area contributed by atoms with Gasteiger partial charge in [-0.1, -0.05) is 18.6 Å². The van der Waals surface area contributed by atoms with E-state index in [9.17, 15) is 4.79 Å². The van der Waals surface area contributed by atoms with Gasteiger partial charge in [0, 0.05) is 12.7 Å². The van der Waals surface area contributed by atoms with Crippen molar-refractivity contribution in [2.45, 2.75) is 32.6 Å². The van der Waals surface area contributed by atoms with Crippen molar-refractivity contribution in [3.05, 3.63) is 23.5 Å². The third-order valence-electron chi connectivity index (χ3n) is 3.71. The van der Waals surface area contributed by atoms with E-state index in [-0.39, 0.29) is 5.91 Å². The first kappa shape index (κ1) is 14.0. The van der Waals surface area contributed by atoms with Crippen LogP contribution in [0.4, 0.5) is 0 Å². The Hall–Kier alpha value is -1.42. The first-order chi connectivity index (χ1) is 9.16. The summed E-state index contributed by atoms with van der Waals surface area (Å²) in [7, 11) is 1.84. The molecular formula is C15H23N3O. The molecule has 19 heavy (non-hydrogen) atoms. The van der Waals surface area contributed by atoms with Crippen LogP contribution in [0.3, 0.4) is 0 Å². The van der Waals surface area contributed by atoms with E-state index < -0.39 is 0 Å². The summed E-state index contributed by atoms with van der Waals surface area (Å²) < 4.78 is 0. The second kappa shape index (κ2) is 6.66. The molecule has 0 radical (unpaired) electrons. The standard InChI is InChI=1S/C15H23N3O/c1-13-7-6-8-14(11-16-13)17(2)15(19)12-18-9-4-3-5-10-18/h7-8,11H,3-6,9-10,12H2,1-2H3. The quantitative estimate of drug-likeness (QED) is 0.780. The molecule has 0 atom stereocenters. The zero-order chi connectivity index (χ0) is 13.7. The Labute approximate surface area is 115 Å². The molecule has 4 heteroatoms. The monoisotopic (exact) mass is 261 g/mol. The van der Waals surface area contributed by atoms with Gasteiger partial charge in [-0.05, 0) is 39.3 Å². The van der Waals surface area contributed by atoms with Crippen LogP contribution < -0.4 is 0 Å². The number of allylic oxidation sites excluding steroid dienone is 4. The van der Waals surface area contributed by atoms with E-state index in [1.54, 1.807) is 11.1 Å². The fourth-order valence-corrected chi connectivity index (χ4v) is 2.41. The lowest BCUT2D eigenvalue weighted by molar-refractivity contribution is -0.129. The van der Waals surface area contributed by atoms with Gasteiger partial charge in [-0.3, -0.25) is 14.7 Å². The summed E-state index contributed by atoms with van der Waals surface area (Å²) in [5.74, 6) is 0.152. The van der Waals surface area contributed by atoms with Crippen molar-refractivity contribution >= 4 is 12.1 Å². The van der Waals surface area contributed by atoms with Gasteiger partial charge in [0.1, 0.15) is 0 Å². The molecule has 1 amide bonds. The molecule has 0 unspecified atom stereocenters. The minimum absolute atomic E-state index is 0.152. The van der Waals surface area contributed by atoms with Gasteiger partial charge >= 0.3 is 0 Å². The predicted octanol–water partition coefficient (Wildman–Crippen LogP) is 2.19. The molecule has 2 aliphatic heterocycles. The fourth-order valence-electron chi connectivity index (χ4n) is 2.41. The van der Waals surface area contributed by atoms with Crippen molar-refractivity contribution in [3.8, 4) is 0 Å². The van der Waals surface area contributed by atoms with Gasteiger partial charge in [0.25, 0.3) is 0 Å². The second-order valence-electron chi connectivity index (χ2n) is 5.26. The number of hydrogen-bond donors (Lipinski definition) is 0. The molecule has 104 valence electrons. The number of amides is 1. The SMILES string of the molecule is CC1=CCC=C(N(C)C(=O)CN2CCCCC2)C=N1. The topological polar surface area (TPSA) is 35.9 Å². The van der Waals surface area contributed by atoms with Gasteiger partial charge in [-0.2, -0.15) is 0 Å². The number of aliphatic imine (C=N–C) groups is 1. The third kappa shape index (κ3) is 4.03. The summed E-state index contributed by atoms with van der Waals surface area (Å²) in [5.41, 5.74) is 1.90. The zero-order valence-electron chi connectivity index (χ0n) is 11.9. The number of rotatable bonds is 3. The summed E-state index contributed by atoms with van der Waals surface area (Å²) in [6.45, 7) is 4.59. The predicted molar refractivity (Wildman–Crippen MR) is 78.0 cm³/mol. The Bertz CT molecular complexity index is 417. The number of likely N-dealkylation sites (N-methyl/N-ethyl adjacent to an activating group) is 1. The molecule has 2 heterocycles. The van der Waals surface area contributed by atoms with Crippen LogP contribution in [-0.2, 0) is 4.79 Å². The van der Waals surface area contributed by atoms with Crippen LogP contribution in [0.2, 0.25) is 0 Å². The normalized spacial score (nSPS) is 20.5. The van der Waals surface area contributed by atoms with Gasteiger partial charge in [-0.25, -0.2) is 0 Å². The molecule has 0 bridgehead atoms. The lowest BCUT2D eigenvalue weighted by Crippen LogP contribution is -2.40. The smallest absolute Gasteiger partial charge is 0.240 e. The Morgan fingerprint density at radius 3 is 2.79 bits per heavy atom. The number of hydrogen-bond acceptors (Lipinski definition) is 3. The Morgan fingerprint density at radius 2 is 2.05 bits per heavy atom. The maximum Gasteiger partial charge on any atom is 0.240 e. The lowest BCUT2D eigenvalue weighted by Gasteiger charge is -2.28. The van der Waals surface area contributed by atoms with E-state index in [0.717, 1.165) is 30.9 Å². The van der Waals surface area contributed by atoms with Crippen molar-refractivity contribution in [2.75, 3.05) is 26.7 Å². The zero-order valence-corrected chi connectivity index (χ0v) is 11.9. The highest BCUT2D eigenvalue weighted by Gasteiger charge is 2.18. The molecule has 0 N–H and O–H groups in total. The molecule has 1 fully saturated rings. The molecule has 2 rings (SSSR count). The van der Waals surface area contributed by atoms with Crippen LogP contribution in [0.5, 0.6) is 0 Å². The van der Waals surface area contributed by atoms with E-state index in [1.165, 1.54) is 19.3 Å². The first-order valence-corrected chi connectivity index (χ1v) is 7.07. The maximum absolute atomic E-state index is 12.3. The Balaban J connectivity index is 1.91. The molecule has 1 saturated heterocycles. The largest absolute Gasteiger partial charge is 0.313 e. The summed E-state index contributed by atoms with van der Waals surface area (Å²) in [5, 5.41) is 0. The summed E-state index contributed by atoms with van der Waals surface area (Å²) in [6.07, 6.45) is 10.5. The molecule has 0 aromatic heterocycles. The maximum atomic E-state index is 12.3. The number of likely N-dealkylation sites (tertiary alicyclic amines) is 1. The number of nitrogens with zero attached hydrogens (tertiary/aromatic N) is 3. The van der Waals surface area contributed by atoms with Crippen molar-refractivity contribution in [1.29, 1.82) is 0 Å². The highest BCUT2D eigenvalue weighted by atomic mass is 16.2. The van der Waals surface area contributed by atoms with Crippen molar-refractivity contribution in [3.63, 3.8) is 0 Å². The second-order valence-corrected chi connectivity index (χ2v) is 5.26. The number of carbonyl (C=O) groups excluding carboxylic acids is 1. The average molecular weight is 261 g/mol. The van der Waals surface area contributed by atoms with Crippen LogP contribution in [0.1, 0.15) is 32.6 Å². The summed E-state index contributed by atoms with van der Waals surface area (Å²) >= 11 is 0. The molecule has 0 spiro atoms. The van der Waals surface area contributed by atoms with Crippen LogP contribution in [0, 0.1) is 0 Å². The highest BCUT2D eigenvalue weighted by Crippen LogP contribution is 2.12. The van der Waals surface area contributed by atoms with Crippen molar-refractivity contribution in [2.24, 2.45) is 4.99 Å². The molecule has 0 aliphatic carbocycles. The van der Waals surface area contributed by atoms with Gasteiger partial charge < -0.3 is 4.90 Å². The molecule has 0 aromatic carbocycles. The summed E-state index contributed by atoms with van der Waals surface area (Å²) in [6, 6.07) is 0. The number of carbonyl (C=O) groups is 1. The Kier molecular flexibility index (Phi) is 4.91. The molecular weight excluding hydrogens is 238 g/mol. The van der Waals surface area contributed by atoms with Crippen LogP contribution in [0.15, 0.2) is 28.5 Å². The lowest BCUT2D eigenvalue weighted by atomic mass is 10.1. The molecule has 2 aliphatic rings. The van der Waals surface area contributed by atoms with Gasteiger partial charge in [-0.15, -0.1) is 0 Å². The van der Waals surface area contributed by atoms with Gasteiger partial charge in [0.05, 0.1) is 18.5 Å². The van der Waals surface area contributed by atoms with Crippen LogP contribution in [-0.4, -0.2) is 48.6 Å². The number of piperidine rings is 1. The van der Waals surface area contributed by atoms with Gasteiger partial charge in [0.2, 0.25) is 5.91 Å². The van der Waals surface area contributed by atoms with E-state index in [4.69, 9.17) is 0 Å². The molecule has 4 nitrogen and oxygen atoms in total. The van der Waals surface area contributed by atoms with E-state index in [2.05, 4.69) is 16.0 Å². The highest BCUT2D eigenvalue weighted by molar-refractivity contribution is 5.89. The first-order valence-electron chi connectivity index (χ1n) is 7.07. The third-order valence-corrected chi connectivity index (χ3v) is 3.71. The van der Waals surface area contributed by atoms with Crippen LogP contribution >= 0.6 is 0 Å². The van der Waals surface area contributed by atoms with Crippen LogP contribution in [0.25, 0.3) is 0 Å². The Morgan fingerprint density at radius 1 is 1.32 bits per heavy atom. The van der Waals surface area contributed by atoms with E-state index in [1.807, 2.05) is 20.0 Å². The van der Waals surface area contributed by atoms with Crippen molar-refractivity contribution < 1.29 is 4.79 Å². The fraction of sp³-hybridized carbons (Fsp3) is 0.600. The van der Waals surface area contributed by atoms with Crippen molar-refractivity contribution in [1.82, 2.24) is 9.80 Å². The van der Waals surface area contributed by atoms with Gasteiger partial charge in [0.15, 0.2) is 0 Å². The molecule has 0 aromatic rings.